The molecule has 224 valence electrons. The molecule has 3 heterocycles. The number of fused-ring (bicyclic) bond motifs is 1. The highest BCUT2D eigenvalue weighted by Gasteiger charge is 2.32. The second kappa shape index (κ2) is 12.9. The van der Waals surface area contributed by atoms with Crippen LogP contribution in [0.3, 0.4) is 0 Å². The van der Waals surface area contributed by atoms with Gasteiger partial charge >= 0.3 is 6.03 Å². The first-order valence-electron chi connectivity index (χ1n) is 14.8. The summed E-state index contributed by atoms with van der Waals surface area (Å²) in [5.74, 6) is -0.105. The van der Waals surface area contributed by atoms with E-state index in [-0.39, 0.29) is 35.6 Å². The zero-order valence-electron chi connectivity index (χ0n) is 24.2. The lowest BCUT2D eigenvalue weighted by molar-refractivity contribution is 0.0958. The lowest BCUT2D eigenvalue weighted by Crippen LogP contribution is -2.48. The van der Waals surface area contributed by atoms with E-state index in [1.807, 2.05) is 4.90 Å². The van der Waals surface area contributed by atoms with E-state index in [0.717, 1.165) is 36.1 Å². The van der Waals surface area contributed by atoms with Crippen molar-refractivity contribution in [3.05, 3.63) is 58.6 Å². The molecule has 9 nitrogen and oxygen atoms in total. The summed E-state index contributed by atoms with van der Waals surface area (Å²) in [4.78, 5) is 32.2. The molecule has 3 aliphatic rings. The molecule has 4 N–H and O–H groups in total. The Labute approximate surface area is 245 Å². The minimum atomic E-state index is -2.75. The largest absolute Gasteiger partial charge is 0.385 e. The van der Waals surface area contributed by atoms with Crippen LogP contribution in [0.1, 0.15) is 73.0 Å². The first-order valence-corrected chi connectivity index (χ1v) is 14.8. The minimum absolute atomic E-state index is 0.145. The minimum Gasteiger partial charge on any atom is -0.385 e. The summed E-state index contributed by atoms with van der Waals surface area (Å²) in [6, 6.07) is 6.59. The number of benzene rings is 1. The zero-order valence-corrected chi connectivity index (χ0v) is 24.2. The van der Waals surface area contributed by atoms with Gasteiger partial charge in [0.2, 0.25) is 0 Å². The summed E-state index contributed by atoms with van der Waals surface area (Å²) in [6.07, 6.45) is 6.50. The zero-order chi connectivity index (χ0) is 29.8. The standard InChI is InChI=1S/C31H39F2N7O2/c1-35-30(41)26-11-10-20(17-37-26)22-15-19-7-6-13-40(27(19)16-23(22)28(32)33)29(34)24-18-39(31(42)36-2)14-12-25(24)38-21-8-4-3-5-9-21/h10-11,15-17,21,28,34,38H,3-9,12-14,18H2,1-2H3,(H,35,41)(H,36,42). The molecule has 0 bridgehead atoms. The number of carbonyl (C=O) groups excluding carboxylic acids is 2. The fourth-order valence-electron chi connectivity index (χ4n) is 6.25. The highest BCUT2D eigenvalue weighted by atomic mass is 19.3. The van der Waals surface area contributed by atoms with Crippen molar-refractivity contribution in [1.29, 1.82) is 5.41 Å². The van der Waals surface area contributed by atoms with Gasteiger partial charge in [-0.1, -0.05) is 25.3 Å². The number of amidine groups is 1. The number of aryl methyl sites for hydroxylation is 1. The van der Waals surface area contributed by atoms with E-state index in [1.165, 1.54) is 44.6 Å². The second-order valence-electron chi connectivity index (χ2n) is 11.1. The molecule has 42 heavy (non-hydrogen) atoms. The van der Waals surface area contributed by atoms with E-state index in [2.05, 4.69) is 20.9 Å². The van der Waals surface area contributed by atoms with Crippen LogP contribution in [0.2, 0.25) is 0 Å². The van der Waals surface area contributed by atoms with E-state index in [0.29, 0.717) is 48.8 Å². The molecule has 1 saturated carbocycles. The number of halogens is 2. The molecule has 1 fully saturated rings. The molecule has 2 aliphatic heterocycles. The summed E-state index contributed by atoms with van der Waals surface area (Å²) >= 11 is 0. The number of pyridine rings is 1. The smallest absolute Gasteiger partial charge is 0.317 e. The molecule has 0 saturated heterocycles. The number of carbonyl (C=O) groups is 2. The summed E-state index contributed by atoms with van der Waals surface area (Å²) in [5.41, 5.74) is 4.13. The van der Waals surface area contributed by atoms with E-state index < -0.39 is 6.43 Å². The van der Waals surface area contributed by atoms with Crippen molar-refractivity contribution in [3.8, 4) is 11.1 Å². The van der Waals surface area contributed by atoms with Crippen molar-refractivity contribution in [1.82, 2.24) is 25.8 Å². The number of hydrogen-bond donors (Lipinski definition) is 4. The predicted octanol–water partition coefficient (Wildman–Crippen LogP) is 5.00. The summed E-state index contributed by atoms with van der Waals surface area (Å²) < 4.78 is 29.0. The van der Waals surface area contributed by atoms with E-state index in [1.54, 1.807) is 24.1 Å². The molecule has 0 spiro atoms. The maximum atomic E-state index is 14.5. The number of nitrogens with zero attached hydrogens (tertiary/aromatic N) is 3. The molecule has 0 atom stereocenters. The van der Waals surface area contributed by atoms with Gasteiger partial charge in [0.25, 0.3) is 12.3 Å². The number of nitrogens with one attached hydrogen (secondary N) is 4. The van der Waals surface area contributed by atoms with Crippen LogP contribution in [0.5, 0.6) is 0 Å². The van der Waals surface area contributed by atoms with E-state index in [4.69, 9.17) is 0 Å². The van der Waals surface area contributed by atoms with Crippen LogP contribution in [0, 0.1) is 5.41 Å². The van der Waals surface area contributed by atoms with Crippen molar-refractivity contribution in [2.75, 3.05) is 38.6 Å². The van der Waals surface area contributed by atoms with Gasteiger partial charge in [-0.25, -0.2) is 13.6 Å². The van der Waals surface area contributed by atoms with E-state index >= 15 is 0 Å². The number of anilines is 1. The molecule has 1 aromatic carbocycles. The Hall–Kier alpha value is -4.02. The van der Waals surface area contributed by atoms with Gasteiger partial charge in [-0.15, -0.1) is 0 Å². The Morgan fingerprint density at radius 3 is 2.48 bits per heavy atom. The van der Waals surface area contributed by atoms with Crippen LogP contribution >= 0.6 is 0 Å². The third-order valence-corrected chi connectivity index (χ3v) is 8.52. The average Bonchev–Trinajstić information content (AvgIpc) is 3.03. The maximum absolute atomic E-state index is 14.5. The number of alkyl halides is 2. The molecule has 3 amide bonds. The van der Waals surface area contributed by atoms with Crippen molar-refractivity contribution < 1.29 is 18.4 Å². The Kier molecular flexibility index (Phi) is 9.03. The third-order valence-electron chi connectivity index (χ3n) is 8.52. The van der Waals surface area contributed by atoms with Gasteiger partial charge in [-0.05, 0) is 55.0 Å². The number of hydrogen-bond acceptors (Lipinski definition) is 5. The third kappa shape index (κ3) is 6.10. The lowest BCUT2D eigenvalue weighted by atomic mass is 9.91. The van der Waals surface area contributed by atoms with Crippen LogP contribution < -0.4 is 20.9 Å². The number of rotatable bonds is 6. The maximum Gasteiger partial charge on any atom is 0.317 e. The molecule has 0 radical (unpaired) electrons. The Morgan fingerprint density at radius 1 is 1.02 bits per heavy atom. The molecule has 2 aromatic rings. The summed E-state index contributed by atoms with van der Waals surface area (Å²) in [7, 11) is 3.10. The molecule has 1 aromatic heterocycles. The highest BCUT2D eigenvalue weighted by molar-refractivity contribution is 6.09. The highest BCUT2D eigenvalue weighted by Crippen LogP contribution is 2.39. The molecular weight excluding hydrogens is 540 g/mol. The van der Waals surface area contributed by atoms with Gasteiger partial charge in [0.15, 0.2) is 0 Å². The van der Waals surface area contributed by atoms with E-state index in [9.17, 15) is 23.8 Å². The number of amides is 3. The van der Waals surface area contributed by atoms with Gasteiger partial charge in [0.1, 0.15) is 11.5 Å². The van der Waals surface area contributed by atoms with Crippen molar-refractivity contribution in [3.63, 3.8) is 0 Å². The summed E-state index contributed by atoms with van der Waals surface area (Å²) in [5, 5.41) is 18.3. The predicted molar refractivity (Wildman–Crippen MR) is 159 cm³/mol. The average molecular weight is 580 g/mol. The fourth-order valence-corrected chi connectivity index (χ4v) is 6.25. The second-order valence-corrected chi connectivity index (χ2v) is 11.1. The van der Waals surface area contributed by atoms with Gasteiger partial charge in [0, 0.05) is 73.9 Å². The van der Waals surface area contributed by atoms with Crippen LogP contribution in [-0.2, 0) is 6.42 Å². The van der Waals surface area contributed by atoms with Gasteiger partial charge in [-0.3, -0.25) is 15.2 Å². The molecule has 11 heteroatoms. The lowest BCUT2D eigenvalue weighted by Gasteiger charge is -2.38. The fraction of sp³-hybridized carbons (Fsp3) is 0.484. The van der Waals surface area contributed by atoms with Crippen LogP contribution in [0.25, 0.3) is 11.1 Å². The van der Waals surface area contributed by atoms with Crippen molar-refractivity contribution in [2.45, 2.75) is 63.8 Å². The molecule has 1 aliphatic carbocycles. The SMILES string of the molecule is CNC(=O)c1ccc(-c2cc3c(cc2C(F)F)N(C(=N)C2=C(NC4CCCCC4)CCN(C(=O)NC)C2)CCC3)cn1. The van der Waals surface area contributed by atoms with Crippen LogP contribution in [0.4, 0.5) is 19.3 Å². The number of urea groups is 1. The Balaban J connectivity index is 1.50. The summed E-state index contributed by atoms with van der Waals surface area (Å²) in [6.45, 7) is 1.35. The Morgan fingerprint density at radius 2 is 1.81 bits per heavy atom. The quantitative estimate of drug-likeness (QED) is 0.284. The van der Waals surface area contributed by atoms with Crippen LogP contribution in [0.15, 0.2) is 41.7 Å². The van der Waals surface area contributed by atoms with Crippen LogP contribution in [-0.4, -0.2) is 67.4 Å². The van der Waals surface area contributed by atoms with Crippen molar-refractivity contribution >= 4 is 23.5 Å². The van der Waals surface area contributed by atoms with Crippen molar-refractivity contribution in [2.24, 2.45) is 0 Å². The van der Waals surface area contributed by atoms with Gasteiger partial charge < -0.3 is 25.8 Å². The number of aromatic nitrogens is 1. The normalized spacial score (nSPS) is 17.6. The first-order chi connectivity index (χ1) is 20.3. The van der Waals surface area contributed by atoms with Gasteiger partial charge in [-0.2, -0.15) is 0 Å². The topological polar surface area (TPSA) is 113 Å². The first kappa shape index (κ1) is 29.5. The van der Waals surface area contributed by atoms with Gasteiger partial charge in [0.05, 0.1) is 6.54 Å². The molecular formula is C31H39F2N7O2. The monoisotopic (exact) mass is 579 g/mol. The Bertz CT molecular complexity index is 1370. The molecule has 0 unspecified atom stereocenters. The molecule has 5 rings (SSSR count).